The first-order chi connectivity index (χ1) is 13.1. The predicted molar refractivity (Wildman–Crippen MR) is 102 cm³/mol. The highest BCUT2D eigenvalue weighted by atomic mass is 16.2. The quantitative estimate of drug-likeness (QED) is 0.869. The number of carbonyl (C=O) groups is 1. The minimum Gasteiger partial charge on any atom is -0.355 e. The number of rotatable bonds is 5. The monoisotopic (exact) mass is 365 g/mol. The van der Waals surface area contributed by atoms with Gasteiger partial charge in [0.05, 0.1) is 5.56 Å². The molecule has 140 valence electrons. The molecule has 0 radical (unpaired) electrons. The van der Waals surface area contributed by atoms with Crippen LogP contribution >= 0.6 is 0 Å². The van der Waals surface area contributed by atoms with Crippen molar-refractivity contribution in [3.63, 3.8) is 0 Å². The molecular weight excluding hydrogens is 342 g/mol. The second kappa shape index (κ2) is 8.49. The molecule has 0 unspecified atom stereocenters. The lowest BCUT2D eigenvalue weighted by atomic mass is 10.0. The van der Waals surface area contributed by atoms with Crippen LogP contribution < -0.4 is 15.8 Å². The van der Waals surface area contributed by atoms with Crippen molar-refractivity contribution in [2.45, 2.75) is 38.8 Å². The number of hydrogen-bond donors (Lipinski definition) is 1. The lowest BCUT2D eigenvalue weighted by Gasteiger charge is -2.33. The van der Waals surface area contributed by atoms with Crippen molar-refractivity contribution < 1.29 is 4.79 Å². The Morgan fingerprint density at radius 2 is 2.07 bits per heavy atom. The van der Waals surface area contributed by atoms with E-state index in [1.165, 1.54) is 6.07 Å². The molecule has 0 saturated carbocycles. The highest BCUT2D eigenvalue weighted by molar-refractivity contribution is 5.76. The molecule has 0 aliphatic carbocycles. The molecule has 7 heteroatoms. The summed E-state index contributed by atoms with van der Waals surface area (Å²) in [6.07, 6.45) is 3.58. The zero-order valence-electron chi connectivity index (χ0n) is 15.4. The van der Waals surface area contributed by atoms with Gasteiger partial charge in [-0.3, -0.25) is 9.59 Å². The van der Waals surface area contributed by atoms with Crippen molar-refractivity contribution >= 4 is 11.7 Å². The third kappa shape index (κ3) is 4.53. The van der Waals surface area contributed by atoms with E-state index in [4.69, 9.17) is 0 Å². The molecule has 1 saturated heterocycles. The van der Waals surface area contributed by atoms with E-state index in [9.17, 15) is 14.9 Å². The van der Waals surface area contributed by atoms with Crippen LogP contribution in [0.2, 0.25) is 0 Å². The second-order valence-corrected chi connectivity index (χ2v) is 6.72. The summed E-state index contributed by atoms with van der Waals surface area (Å²) in [5.41, 5.74) is 1.34. The van der Waals surface area contributed by atoms with E-state index in [0.29, 0.717) is 17.9 Å². The van der Waals surface area contributed by atoms with Gasteiger partial charge in [0.1, 0.15) is 11.9 Å². The Morgan fingerprint density at radius 1 is 1.30 bits per heavy atom. The van der Waals surface area contributed by atoms with Gasteiger partial charge in [0, 0.05) is 50.1 Å². The van der Waals surface area contributed by atoms with Crippen LogP contribution in [0, 0.1) is 18.3 Å². The van der Waals surface area contributed by atoms with Crippen LogP contribution in [0.15, 0.2) is 41.3 Å². The van der Waals surface area contributed by atoms with Crippen LogP contribution in [0.25, 0.3) is 0 Å². The van der Waals surface area contributed by atoms with Gasteiger partial charge in [-0.25, -0.2) is 4.98 Å². The largest absolute Gasteiger partial charge is 0.355 e. The van der Waals surface area contributed by atoms with Crippen LogP contribution in [0.5, 0.6) is 0 Å². The summed E-state index contributed by atoms with van der Waals surface area (Å²) in [6, 6.07) is 10.9. The number of piperidine rings is 1. The summed E-state index contributed by atoms with van der Waals surface area (Å²) in [6.45, 7) is 3.74. The summed E-state index contributed by atoms with van der Waals surface area (Å²) in [5, 5.41) is 12.3. The fourth-order valence-electron chi connectivity index (χ4n) is 3.40. The number of nitrogens with one attached hydrogen (secondary N) is 1. The topological polar surface area (TPSA) is 91.0 Å². The van der Waals surface area contributed by atoms with Crippen LogP contribution in [0.3, 0.4) is 0 Å². The number of anilines is 1. The molecule has 0 spiro atoms. The van der Waals surface area contributed by atoms with Crippen LogP contribution in [0.1, 0.15) is 30.5 Å². The maximum absolute atomic E-state index is 12.3. The van der Waals surface area contributed by atoms with E-state index in [2.05, 4.69) is 21.3 Å². The van der Waals surface area contributed by atoms with E-state index >= 15 is 0 Å². The van der Waals surface area contributed by atoms with Crippen molar-refractivity contribution in [2.75, 3.05) is 18.0 Å². The smallest absolute Gasteiger partial charge is 0.250 e. The first kappa shape index (κ1) is 18.6. The van der Waals surface area contributed by atoms with Gasteiger partial charge in [-0.2, -0.15) is 5.26 Å². The molecule has 1 aliphatic rings. The molecule has 0 aromatic carbocycles. The molecule has 1 fully saturated rings. The van der Waals surface area contributed by atoms with Crippen molar-refractivity contribution in [3.05, 3.63) is 58.1 Å². The third-order valence-electron chi connectivity index (χ3n) is 4.90. The van der Waals surface area contributed by atoms with E-state index in [-0.39, 0.29) is 23.9 Å². The van der Waals surface area contributed by atoms with E-state index < -0.39 is 0 Å². The highest BCUT2D eigenvalue weighted by Crippen LogP contribution is 2.21. The standard InChI is InChI=1S/C20H23N5O2/c1-15-4-2-6-19(27)25(15)13-9-18(26)23-17-7-11-24(12-8-17)20-16(14-21)5-3-10-22-20/h2-6,10,17H,7-9,11-13H2,1H3,(H,23,26). The zero-order valence-corrected chi connectivity index (χ0v) is 15.4. The maximum Gasteiger partial charge on any atom is 0.250 e. The highest BCUT2D eigenvalue weighted by Gasteiger charge is 2.23. The molecule has 1 N–H and O–H groups in total. The molecule has 0 bridgehead atoms. The van der Waals surface area contributed by atoms with Gasteiger partial charge in [-0.15, -0.1) is 0 Å². The minimum absolute atomic E-state index is 0.0425. The molecule has 3 heterocycles. The van der Waals surface area contributed by atoms with Gasteiger partial charge in [0.15, 0.2) is 0 Å². The van der Waals surface area contributed by atoms with Crippen LogP contribution in [0.4, 0.5) is 5.82 Å². The summed E-state index contributed by atoms with van der Waals surface area (Å²) < 4.78 is 1.62. The number of amides is 1. The Morgan fingerprint density at radius 3 is 2.78 bits per heavy atom. The zero-order chi connectivity index (χ0) is 19.2. The average molecular weight is 365 g/mol. The normalized spacial score (nSPS) is 14.6. The minimum atomic E-state index is -0.0835. The molecule has 1 amide bonds. The Bertz CT molecular complexity index is 907. The Balaban J connectivity index is 1.50. The molecule has 7 nitrogen and oxygen atoms in total. The fourth-order valence-corrected chi connectivity index (χ4v) is 3.40. The Labute approximate surface area is 158 Å². The molecule has 3 rings (SSSR count). The Hall–Kier alpha value is -3.14. The third-order valence-corrected chi connectivity index (χ3v) is 4.90. The average Bonchev–Trinajstić information content (AvgIpc) is 2.68. The van der Waals surface area contributed by atoms with Gasteiger partial charge < -0.3 is 14.8 Å². The van der Waals surface area contributed by atoms with E-state index in [0.717, 1.165) is 31.6 Å². The van der Waals surface area contributed by atoms with E-state index in [1.54, 1.807) is 29.0 Å². The molecule has 2 aromatic rings. The summed E-state index contributed by atoms with van der Waals surface area (Å²) >= 11 is 0. The number of carbonyl (C=O) groups excluding carboxylic acids is 1. The second-order valence-electron chi connectivity index (χ2n) is 6.72. The van der Waals surface area contributed by atoms with E-state index in [1.807, 2.05) is 13.0 Å². The summed E-state index contributed by atoms with van der Waals surface area (Å²) in [4.78, 5) is 30.5. The van der Waals surface area contributed by atoms with Gasteiger partial charge in [-0.1, -0.05) is 6.07 Å². The molecule has 0 atom stereocenters. The SMILES string of the molecule is Cc1cccc(=O)n1CCC(=O)NC1CCN(c2ncccc2C#N)CC1. The van der Waals surface area contributed by atoms with Crippen molar-refractivity contribution in [1.29, 1.82) is 5.26 Å². The number of aryl methyl sites for hydroxylation is 1. The molecule has 2 aromatic heterocycles. The maximum atomic E-state index is 12.3. The summed E-state index contributed by atoms with van der Waals surface area (Å²) in [7, 11) is 0. The van der Waals surface area contributed by atoms with Gasteiger partial charge in [-0.05, 0) is 38.0 Å². The number of nitrogens with zero attached hydrogens (tertiary/aromatic N) is 4. The van der Waals surface area contributed by atoms with Gasteiger partial charge >= 0.3 is 0 Å². The van der Waals surface area contributed by atoms with Crippen molar-refractivity contribution in [3.8, 4) is 6.07 Å². The number of nitriles is 1. The lowest BCUT2D eigenvalue weighted by molar-refractivity contribution is -0.122. The van der Waals surface area contributed by atoms with Crippen LogP contribution in [-0.2, 0) is 11.3 Å². The lowest BCUT2D eigenvalue weighted by Crippen LogP contribution is -2.45. The summed E-state index contributed by atoms with van der Waals surface area (Å²) in [5.74, 6) is 0.669. The molecule has 27 heavy (non-hydrogen) atoms. The number of aromatic nitrogens is 2. The van der Waals surface area contributed by atoms with Crippen molar-refractivity contribution in [1.82, 2.24) is 14.9 Å². The predicted octanol–water partition coefficient (Wildman–Crippen LogP) is 1.60. The van der Waals surface area contributed by atoms with Gasteiger partial charge in [0.2, 0.25) is 5.91 Å². The molecular formula is C20H23N5O2. The van der Waals surface area contributed by atoms with Crippen LogP contribution in [-0.4, -0.2) is 34.6 Å². The first-order valence-corrected chi connectivity index (χ1v) is 9.14. The fraction of sp³-hybridized carbons (Fsp3) is 0.400. The number of hydrogen-bond acceptors (Lipinski definition) is 5. The Kier molecular flexibility index (Phi) is 5.87. The first-order valence-electron chi connectivity index (χ1n) is 9.14. The van der Waals surface area contributed by atoms with Crippen molar-refractivity contribution in [2.24, 2.45) is 0 Å². The number of pyridine rings is 2. The molecule has 1 aliphatic heterocycles. The van der Waals surface area contributed by atoms with Gasteiger partial charge in [0.25, 0.3) is 5.56 Å².